The quantitative estimate of drug-likeness (QED) is 0.570. The minimum absolute atomic E-state index is 0.172. The molecule has 0 aromatic rings. The van der Waals surface area contributed by atoms with E-state index in [2.05, 4.69) is 0 Å². The first kappa shape index (κ1) is 7.74. The molecule has 0 aliphatic carbocycles. The Balaban J connectivity index is 4.41. The fraction of sp³-hybridized carbons (Fsp3) is 0.333. The lowest BCUT2D eigenvalue weighted by atomic mass is 11.2. The third-order valence-electron chi connectivity index (χ3n) is 0.365. The van der Waals surface area contributed by atoms with Gasteiger partial charge in [-0.15, -0.1) is 0 Å². The Morgan fingerprint density at radius 1 is 1.62 bits per heavy atom. The van der Waals surface area contributed by atoms with Crippen LogP contribution in [0.25, 0.3) is 0 Å². The highest BCUT2D eigenvalue weighted by molar-refractivity contribution is 8.12. The van der Waals surface area contributed by atoms with Gasteiger partial charge in [-0.1, -0.05) is 0 Å². The fourth-order valence-electron chi connectivity index (χ4n) is 0.118. The Kier molecular flexibility index (Phi) is 1.56. The molecule has 0 saturated carbocycles. The molecule has 0 aromatic heterocycles. The van der Waals surface area contributed by atoms with Gasteiger partial charge < -0.3 is 9.11 Å². The molecule has 0 aromatic carbocycles. The van der Waals surface area contributed by atoms with Crippen LogP contribution in [0.3, 0.4) is 0 Å². The molecule has 0 aliphatic heterocycles. The lowest BCUT2D eigenvalue weighted by molar-refractivity contribution is 0.411. The summed E-state index contributed by atoms with van der Waals surface area (Å²) in [5, 5.41) is 0.206. The van der Waals surface area contributed by atoms with Crippen molar-refractivity contribution in [2.45, 2.75) is 0 Å². The highest BCUT2D eigenvalue weighted by atomic mass is 32.3. The maximum Gasteiger partial charge on any atom is 0.102 e. The molecular weight excluding hydrogens is 135 g/mol. The predicted molar refractivity (Wildman–Crippen MR) is 29.6 cm³/mol. The van der Waals surface area contributed by atoms with Gasteiger partial charge >= 0.3 is 0 Å². The number of hydrogen-bond acceptors (Lipinski definition) is 1. The van der Waals surface area contributed by atoms with Crippen molar-refractivity contribution >= 4 is 9.63 Å². The van der Waals surface area contributed by atoms with Crippen molar-refractivity contribution in [2.75, 3.05) is 6.26 Å². The first-order valence-electron chi connectivity index (χ1n) is 1.73. The molecule has 0 atom stereocenters. The van der Waals surface area contributed by atoms with Gasteiger partial charge in [0.05, 0.1) is 11.7 Å². The number of rotatable bonds is 1. The summed E-state index contributed by atoms with van der Waals surface area (Å²) < 4.78 is 37.8. The molecule has 0 heterocycles. The summed E-state index contributed by atoms with van der Waals surface area (Å²) in [6.45, 7) is 0. The van der Waals surface area contributed by atoms with Crippen molar-refractivity contribution in [1.29, 1.82) is 0 Å². The van der Waals surface area contributed by atoms with Crippen LogP contribution in [0.1, 0.15) is 0 Å². The van der Waals surface area contributed by atoms with E-state index in [1.165, 1.54) is 0 Å². The lowest BCUT2D eigenvalue weighted by Gasteiger charge is -2.18. The minimum Gasteiger partial charge on any atom is -0.305 e. The lowest BCUT2D eigenvalue weighted by Crippen LogP contribution is -2.24. The van der Waals surface area contributed by atoms with Gasteiger partial charge in [-0.25, -0.2) is 8.60 Å². The van der Waals surface area contributed by atoms with Gasteiger partial charge in [0.15, 0.2) is 0 Å². The average molecular weight is 142 g/mol. The largest absolute Gasteiger partial charge is 0.305 e. The molecule has 0 radical (unpaired) electrons. The Morgan fingerprint density at radius 2 is 2.00 bits per heavy atom. The second kappa shape index (κ2) is 1.61. The highest BCUT2D eigenvalue weighted by Crippen LogP contribution is 2.11. The zero-order chi connectivity index (χ0) is 6.86. The SMILES string of the molecule is CS(=O)(O)(O)C=CF. The Labute approximate surface area is 46.3 Å². The van der Waals surface area contributed by atoms with Crippen LogP contribution in [-0.2, 0) is 9.63 Å². The Bertz CT molecular complexity index is 156. The van der Waals surface area contributed by atoms with Crippen LogP contribution in [0.2, 0.25) is 0 Å². The summed E-state index contributed by atoms with van der Waals surface area (Å²) in [4.78, 5) is 0. The van der Waals surface area contributed by atoms with Crippen LogP contribution in [0.4, 0.5) is 4.39 Å². The van der Waals surface area contributed by atoms with Crippen LogP contribution in [0.5, 0.6) is 0 Å². The van der Waals surface area contributed by atoms with E-state index in [0.29, 0.717) is 6.26 Å². The van der Waals surface area contributed by atoms with Gasteiger partial charge in [-0.2, -0.15) is 0 Å². The summed E-state index contributed by atoms with van der Waals surface area (Å²) >= 11 is 0. The first-order chi connectivity index (χ1) is 3.31. The van der Waals surface area contributed by atoms with E-state index in [1.54, 1.807) is 0 Å². The zero-order valence-corrected chi connectivity index (χ0v) is 5.06. The van der Waals surface area contributed by atoms with Gasteiger partial charge in [0.2, 0.25) is 0 Å². The van der Waals surface area contributed by atoms with E-state index in [4.69, 9.17) is 9.11 Å². The summed E-state index contributed by atoms with van der Waals surface area (Å²) in [6, 6.07) is 0. The maximum atomic E-state index is 11.1. The summed E-state index contributed by atoms with van der Waals surface area (Å²) in [6.07, 6.45) is 0.460. The van der Waals surface area contributed by atoms with Gasteiger partial charge in [0.25, 0.3) is 0 Å². The van der Waals surface area contributed by atoms with Crippen molar-refractivity contribution < 1.29 is 17.7 Å². The Morgan fingerprint density at radius 3 is 2.00 bits per heavy atom. The molecule has 0 unspecified atom stereocenters. The van der Waals surface area contributed by atoms with Crippen LogP contribution in [0.15, 0.2) is 11.7 Å². The molecule has 50 valence electrons. The monoisotopic (exact) mass is 142 g/mol. The Hall–Kier alpha value is -0.260. The molecule has 0 saturated heterocycles. The molecule has 0 aliphatic rings. The molecule has 0 amide bonds. The van der Waals surface area contributed by atoms with Crippen molar-refractivity contribution in [1.82, 2.24) is 0 Å². The van der Waals surface area contributed by atoms with Crippen LogP contribution in [0, 0.1) is 0 Å². The molecular formula is C3H7FO3S. The summed E-state index contributed by atoms with van der Waals surface area (Å²) in [5.74, 6) is 0. The van der Waals surface area contributed by atoms with E-state index in [-0.39, 0.29) is 11.7 Å². The smallest absolute Gasteiger partial charge is 0.102 e. The van der Waals surface area contributed by atoms with E-state index in [1.807, 2.05) is 0 Å². The fourth-order valence-corrected chi connectivity index (χ4v) is 0.355. The average Bonchev–Trinajstić information content (AvgIpc) is 1.25. The second-order valence-electron chi connectivity index (χ2n) is 1.57. The van der Waals surface area contributed by atoms with Crippen LogP contribution < -0.4 is 0 Å². The molecule has 0 bridgehead atoms. The molecule has 0 spiro atoms. The van der Waals surface area contributed by atoms with Crippen molar-refractivity contribution in [3.05, 3.63) is 11.7 Å². The zero-order valence-electron chi connectivity index (χ0n) is 4.24. The van der Waals surface area contributed by atoms with Gasteiger partial charge in [-0.3, -0.25) is 0 Å². The normalized spacial score (nSPS) is 18.2. The molecule has 0 fully saturated rings. The van der Waals surface area contributed by atoms with Crippen molar-refractivity contribution in [2.24, 2.45) is 0 Å². The minimum atomic E-state index is -4.69. The first-order valence-corrected chi connectivity index (χ1v) is 4.08. The van der Waals surface area contributed by atoms with E-state index < -0.39 is 9.63 Å². The van der Waals surface area contributed by atoms with Gasteiger partial charge in [-0.05, 0) is 0 Å². The summed E-state index contributed by atoms with van der Waals surface area (Å²) in [5.41, 5.74) is 0. The molecule has 8 heavy (non-hydrogen) atoms. The van der Waals surface area contributed by atoms with Crippen LogP contribution in [-0.4, -0.2) is 19.6 Å². The third-order valence-corrected chi connectivity index (χ3v) is 1.09. The molecule has 3 nitrogen and oxygen atoms in total. The number of hydrogen-bond donors (Lipinski definition) is 2. The third kappa shape index (κ3) is 5.74. The maximum absolute atomic E-state index is 11.1. The van der Waals surface area contributed by atoms with Gasteiger partial charge in [0.1, 0.15) is 9.63 Å². The van der Waals surface area contributed by atoms with Crippen molar-refractivity contribution in [3.8, 4) is 0 Å². The molecule has 0 rings (SSSR count). The highest BCUT2D eigenvalue weighted by Gasteiger charge is 2.16. The van der Waals surface area contributed by atoms with Gasteiger partial charge in [0, 0.05) is 6.26 Å². The standard InChI is InChI=1S/C3H7FO3S/c1-8(5,6,7)3-2-4/h2-3H,1H3,(H2,5,6,7). The number of halogens is 1. The summed E-state index contributed by atoms with van der Waals surface area (Å²) in [7, 11) is -4.69. The van der Waals surface area contributed by atoms with E-state index in [9.17, 15) is 8.60 Å². The predicted octanol–water partition coefficient (Wildman–Crippen LogP) is 0.823. The van der Waals surface area contributed by atoms with Crippen LogP contribution >= 0.6 is 0 Å². The van der Waals surface area contributed by atoms with E-state index >= 15 is 0 Å². The van der Waals surface area contributed by atoms with E-state index in [0.717, 1.165) is 0 Å². The van der Waals surface area contributed by atoms with Crippen molar-refractivity contribution in [3.63, 3.8) is 0 Å². The molecule has 2 N–H and O–H groups in total. The topological polar surface area (TPSA) is 57.5 Å². The molecule has 5 heteroatoms. The second-order valence-corrected chi connectivity index (χ2v) is 4.45.